The number of amides is 1. The maximum atomic E-state index is 11.7. The third-order valence-electron chi connectivity index (χ3n) is 2.56. The predicted octanol–water partition coefficient (Wildman–Crippen LogP) is 3.09. The summed E-state index contributed by atoms with van der Waals surface area (Å²) in [6.45, 7) is 5.55. The monoisotopic (exact) mass is 287 g/mol. The van der Waals surface area contributed by atoms with Crippen LogP contribution >= 0.6 is 23.4 Å². The number of aliphatic hydroxyl groups excluding tert-OH is 1. The van der Waals surface area contributed by atoms with E-state index >= 15 is 0 Å². The average molecular weight is 288 g/mol. The van der Waals surface area contributed by atoms with E-state index in [9.17, 15) is 9.90 Å². The van der Waals surface area contributed by atoms with Gasteiger partial charge in [0, 0.05) is 5.25 Å². The van der Waals surface area contributed by atoms with Crippen molar-refractivity contribution in [2.45, 2.75) is 32.1 Å². The highest BCUT2D eigenvalue weighted by molar-refractivity contribution is 8.00. The van der Waals surface area contributed by atoms with Crippen LogP contribution in [0.2, 0.25) is 5.02 Å². The molecule has 2 unspecified atom stereocenters. The smallest absolute Gasteiger partial charge is 0.234 e. The van der Waals surface area contributed by atoms with Crippen molar-refractivity contribution in [3.05, 3.63) is 28.8 Å². The zero-order valence-corrected chi connectivity index (χ0v) is 12.3. The van der Waals surface area contributed by atoms with Crippen molar-refractivity contribution in [3.8, 4) is 0 Å². The van der Waals surface area contributed by atoms with Gasteiger partial charge in [0.2, 0.25) is 5.91 Å². The SMILES string of the molecule is Cc1ccc(NC(=O)CSC(C)C(C)O)c(Cl)c1. The van der Waals surface area contributed by atoms with Crippen LogP contribution in [0.1, 0.15) is 19.4 Å². The van der Waals surface area contributed by atoms with Gasteiger partial charge < -0.3 is 10.4 Å². The fourth-order valence-corrected chi connectivity index (χ4v) is 2.30. The van der Waals surface area contributed by atoms with Gasteiger partial charge in [-0.05, 0) is 31.5 Å². The Bertz CT molecular complexity index is 423. The molecule has 2 atom stereocenters. The van der Waals surface area contributed by atoms with E-state index in [0.717, 1.165) is 5.56 Å². The van der Waals surface area contributed by atoms with E-state index < -0.39 is 6.10 Å². The van der Waals surface area contributed by atoms with Crippen molar-refractivity contribution in [2.75, 3.05) is 11.1 Å². The summed E-state index contributed by atoms with van der Waals surface area (Å²) < 4.78 is 0. The molecule has 100 valence electrons. The first-order valence-corrected chi connectivity index (χ1v) is 7.18. The Balaban J connectivity index is 2.50. The van der Waals surface area contributed by atoms with Crippen molar-refractivity contribution >= 4 is 35.0 Å². The van der Waals surface area contributed by atoms with Gasteiger partial charge in [0.25, 0.3) is 0 Å². The number of thioether (sulfide) groups is 1. The molecule has 0 aliphatic heterocycles. The van der Waals surface area contributed by atoms with Crippen LogP contribution in [0, 0.1) is 6.92 Å². The molecule has 1 aromatic rings. The van der Waals surface area contributed by atoms with Gasteiger partial charge in [-0.3, -0.25) is 4.79 Å². The van der Waals surface area contributed by atoms with Gasteiger partial charge in [-0.1, -0.05) is 24.6 Å². The van der Waals surface area contributed by atoms with E-state index in [1.807, 2.05) is 26.0 Å². The standard InChI is InChI=1S/C13H18ClNO2S/c1-8-4-5-12(11(14)6-8)15-13(17)7-18-10(3)9(2)16/h4-6,9-10,16H,7H2,1-3H3,(H,15,17). The summed E-state index contributed by atoms with van der Waals surface area (Å²) in [5, 5.41) is 12.7. The van der Waals surface area contributed by atoms with E-state index in [4.69, 9.17) is 11.6 Å². The second kappa shape index (κ2) is 7.02. The van der Waals surface area contributed by atoms with Crippen LogP contribution < -0.4 is 5.32 Å². The molecule has 0 spiro atoms. The fourth-order valence-electron chi connectivity index (χ4n) is 1.25. The Hall–Kier alpha value is -0.710. The number of aryl methyl sites for hydroxylation is 1. The third-order valence-corrected chi connectivity index (χ3v) is 4.22. The molecule has 0 fully saturated rings. The second-order valence-electron chi connectivity index (χ2n) is 4.29. The highest BCUT2D eigenvalue weighted by atomic mass is 35.5. The fraction of sp³-hybridized carbons (Fsp3) is 0.462. The Kier molecular flexibility index (Phi) is 5.99. The van der Waals surface area contributed by atoms with Crippen molar-refractivity contribution < 1.29 is 9.90 Å². The minimum absolute atomic E-state index is 0.0317. The zero-order chi connectivity index (χ0) is 13.7. The molecular formula is C13H18ClNO2S. The maximum Gasteiger partial charge on any atom is 0.234 e. The molecule has 0 aromatic heterocycles. The third kappa shape index (κ3) is 4.88. The number of hydrogen-bond donors (Lipinski definition) is 2. The number of nitrogens with one attached hydrogen (secondary N) is 1. The normalized spacial score (nSPS) is 14.1. The van der Waals surface area contributed by atoms with E-state index in [1.165, 1.54) is 11.8 Å². The number of carbonyl (C=O) groups excluding carboxylic acids is 1. The molecule has 0 saturated heterocycles. The number of anilines is 1. The van der Waals surface area contributed by atoms with Crippen molar-refractivity contribution in [1.82, 2.24) is 0 Å². The Morgan fingerprint density at radius 3 is 2.72 bits per heavy atom. The number of hydrogen-bond acceptors (Lipinski definition) is 3. The lowest BCUT2D eigenvalue weighted by atomic mass is 10.2. The highest BCUT2D eigenvalue weighted by Crippen LogP contribution is 2.23. The van der Waals surface area contributed by atoms with E-state index in [0.29, 0.717) is 16.5 Å². The summed E-state index contributed by atoms with van der Waals surface area (Å²) >= 11 is 7.44. The van der Waals surface area contributed by atoms with Crippen LogP contribution in [-0.2, 0) is 4.79 Å². The van der Waals surface area contributed by atoms with Crippen LogP contribution in [0.3, 0.4) is 0 Å². The molecule has 1 aromatic carbocycles. The molecule has 0 aliphatic rings. The molecule has 18 heavy (non-hydrogen) atoms. The summed E-state index contributed by atoms with van der Waals surface area (Å²) in [6.07, 6.45) is -0.425. The Labute approximate surface area is 117 Å². The summed E-state index contributed by atoms with van der Waals surface area (Å²) in [7, 11) is 0. The lowest BCUT2D eigenvalue weighted by Gasteiger charge is -2.14. The number of aliphatic hydroxyl groups is 1. The number of rotatable bonds is 5. The molecule has 0 aliphatic carbocycles. The zero-order valence-electron chi connectivity index (χ0n) is 10.7. The first kappa shape index (κ1) is 15.3. The molecule has 1 rings (SSSR count). The number of carbonyl (C=O) groups is 1. The van der Waals surface area contributed by atoms with E-state index in [1.54, 1.807) is 13.0 Å². The van der Waals surface area contributed by atoms with Crippen LogP contribution in [-0.4, -0.2) is 28.1 Å². The van der Waals surface area contributed by atoms with Crippen molar-refractivity contribution in [3.63, 3.8) is 0 Å². The molecule has 1 amide bonds. The first-order chi connectivity index (χ1) is 8.40. The highest BCUT2D eigenvalue weighted by Gasteiger charge is 2.12. The molecule has 0 radical (unpaired) electrons. The van der Waals surface area contributed by atoms with Gasteiger partial charge >= 0.3 is 0 Å². The second-order valence-corrected chi connectivity index (χ2v) is 6.06. The largest absolute Gasteiger partial charge is 0.392 e. The van der Waals surface area contributed by atoms with Crippen molar-refractivity contribution in [1.29, 1.82) is 0 Å². The van der Waals surface area contributed by atoms with Gasteiger partial charge in [-0.25, -0.2) is 0 Å². The summed E-state index contributed by atoms with van der Waals surface area (Å²) in [5.41, 5.74) is 1.67. The minimum atomic E-state index is -0.425. The molecule has 2 N–H and O–H groups in total. The van der Waals surface area contributed by atoms with Gasteiger partial charge in [-0.2, -0.15) is 0 Å². The lowest BCUT2D eigenvalue weighted by molar-refractivity contribution is -0.113. The maximum absolute atomic E-state index is 11.7. The summed E-state index contributed by atoms with van der Waals surface area (Å²) in [6, 6.07) is 5.49. The van der Waals surface area contributed by atoms with Crippen LogP contribution in [0.25, 0.3) is 0 Å². The Morgan fingerprint density at radius 1 is 1.50 bits per heavy atom. The van der Waals surface area contributed by atoms with Crippen LogP contribution in [0.5, 0.6) is 0 Å². The summed E-state index contributed by atoms with van der Waals surface area (Å²) in [5.74, 6) is 0.189. The minimum Gasteiger partial charge on any atom is -0.392 e. The molecule has 3 nitrogen and oxygen atoms in total. The van der Waals surface area contributed by atoms with Crippen molar-refractivity contribution in [2.24, 2.45) is 0 Å². The number of benzene rings is 1. The molecule has 0 heterocycles. The van der Waals surface area contributed by atoms with Crippen LogP contribution in [0.15, 0.2) is 18.2 Å². The van der Waals surface area contributed by atoms with Crippen LogP contribution in [0.4, 0.5) is 5.69 Å². The number of halogens is 1. The molecule has 0 bridgehead atoms. The molecule has 5 heteroatoms. The lowest BCUT2D eigenvalue weighted by Crippen LogP contribution is -2.20. The van der Waals surface area contributed by atoms with Gasteiger partial charge in [0.05, 0.1) is 22.6 Å². The quantitative estimate of drug-likeness (QED) is 0.875. The molecule has 0 saturated carbocycles. The van der Waals surface area contributed by atoms with Gasteiger partial charge in [0.1, 0.15) is 0 Å². The van der Waals surface area contributed by atoms with Gasteiger partial charge in [-0.15, -0.1) is 11.8 Å². The average Bonchev–Trinajstić information content (AvgIpc) is 2.29. The van der Waals surface area contributed by atoms with E-state index in [-0.39, 0.29) is 11.2 Å². The van der Waals surface area contributed by atoms with Gasteiger partial charge in [0.15, 0.2) is 0 Å². The van der Waals surface area contributed by atoms with E-state index in [2.05, 4.69) is 5.32 Å². The topological polar surface area (TPSA) is 49.3 Å². The molecular weight excluding hydrogens is 270 g/mol. The first-order valence-electron chi connectivity index (χ1n) is 5.76. The summed E-state index contributed by atoms with van der Waals surface area (Å²) in [4.78, 5) is 11.7. The predicted molar refractivity (Wildman–Crippen MR) is 78.4 cm³/mol. The Morgan fingerprint density at radius 2 is 2.17 bits per heavy atom.